The molecule has 1 aromatic rings. The Labute approximate surface area is 91.7 Å². The first-order valence-electron chi connectivity index (χ1n) is 5.34. The Bertz CT molecular complexity index is 425. The molecule has 0 spiro atoms. The molecule has 1 aliphatic rings. The lowest BCUT2D eigenvalue weighted by atomic mass is 9.99. The van der Waals surface area contributed by atoms with Gasteiger partial charge >= 0.3 is 0 Å². The molecule has 0 aliphatic heterocycles. The van der Waals surface area contributed by atoms with Gasteiger partial charge in [0, 0.05) is 25.4 Å². The maximum Gasteiger partial charge on any atom is 0.0400 e. The lowest BCUT2D eigenvalue weighted by Gasteiger charge is -2.18. The van der Waals surface area contributed by atoms with Crippen LogP contribution in [-0.4, -0.2) is 19.0 Å². The molecule has 0 fully saturated rings. The van der Waals surface area contributed by atoms with E-state index in [1.165, 1.54) is 22.4 Å². The van der Waals surface area contributed by atoms with E-state index >= 15 is 0 Å². The van der Waals surface area contributed by atoms with Crippen LogP contribution in [0.15, 0.2) is 42.1 Å². The van der Waals surface area contributed by atoms with E-state index in [9.17, 15) is 0 Å². The number of rotatable bonds is 2. The van der Waals surface area contributed by atoms with E-state index in [-0.39, 0.29) is 0 Å². The highest BCUT2D eigenvalue weighted by molar-refractivity contribution is 5.82. The molecule has 0 aromatic heterocycles. The highest BCUT2D eigenvalue weighted by atomic mass is 15.1. The van der Waals surface area contributed by atoms with Crippen molar-refractivity contribution in [1.29, 1.82) is 0 Å². The Hall–Kier alpha value is -1.50. The molecule has 2 rings (SSSR count). The van der Waals surface area contributed by atoms with Crippen molar-refractivity contribution in [3.63, 3.8) is 0 Å². The van der Waals surface area contributed by atoms with Gasteiger partial charge < -0.3 is 4.90 Å². The van der Waals surface area contributed by atoms with Crippen LogP contribution in [0.25, 0.3) is 5.57 Å². The summed E-state index contributed by atoms with van der Waals surface area (Å²) in [7, 11) is 4.20. The van der Waals surface area contributed by atoms with Crippen LogP contribution in [0.4, 0.5) is 0 Å². The molecular formula is C14H17N. The summed E-state index contributed by atoms with van der Waals surface area (Å²) in [5.74, 6) is 0. The smallest absolute Gasteiger partial charge is 0.0400 e. The molecule has 15 heavy (non-hydrogen) atoms. The predicted molar refractivity (Wildman–Crippen MR) is 65.5 cm³/mol. The van der Waals surface area contributed by atoms with Crippen molar-refractivity contribution in [1.82, 2.24) is 4.90 Å². The summed E-state index contributed by atoms with van der Waals surface area (Å²) in [6, 6.07) is 8.56. The number of benzene rings is 1. The summed E-state index contributed by atoms with van der Waals surface area (Å²) >= 11 is 0. The van der Waals surface area contributed by atoms with E-state index < -0.39 is 0 Å². The monoisotopic (exact) mass is 199 g/mol. The van der Waals surface area contributed by atoms with Crippen LogP contribution < -0.4 is 0 Å². The standard InChI is InChI=1S/C14H17N/c1-11-7-4-5-8-12(11)13-9-6-10-14(13)15(2)3/h4-5,7-10H,6H2,1-3H3. The summed E-state index contributed by atoms with van der Waals surface area (Å²) in [5.41, 5.74) is 5.41. The first kappa shape index (κ1) is 10.0. The second-order valence-corrected chi connectivity index (χ2v) is 4.15. The minimum Gasteiger partial charge on any atom is -0.377 e. The van der Waals surface area contributed by atoms with Gasteiger partial charge in [0.1, 0.15) is 0 Å². The Morgan fingerprint density at radius 2 is 1.80 bits per heavy atom. The molecule has 1 aromatic carbocycles. The molecule has 0 unspecified atom stereocenters. The summed E-state index contributed by atoms with van der Waals surface area (Å²) in [6.07, 6.45) is 5.64. The van der Waals surface area contributed by atoms with Gasteiger partial charge in [-0.05, 0) is 24.5 Å². The number of hydrogen-bond acceptors (Lipinski definition) is 1. The highest BCUT2D eigenvalue weighted by Crippen LogP contribution is 2.31. The van der Waals surface area contributed by atoms with Crippen molar-refractivity contribution in [2.24, 2.45) is 0 Å². The van der Waals surface area contributed by atoms with Gasteiger partial charge in [-0.25, -0.2) is 0 Å². The molecule has 0 amide bonds. The molecule has 0 atom stereocenters. The van der Waals surface area contributed by atoms with Gasteiger partial charge in [-0.3, -0.25) is 0 Å². The second-order valence-electron chi connectivity index (χ2n) is 4.15. The Balaban J connectivity index is 2.41. The molecule has 0 saturated heterocycles. The van der Waals surface area contributed by atoms with Crippen LogP contribution in [-0.2, 0) is 0 Å². The van der Waals surface area contributed by atoms with E-state index in [1.54, 1.807) is 0 Å². The summed E-state index contributed by atoms with van der Waals surface area (Å²) in [6.45, 7) is 2.17. The molecule has 1 heteroatoms. The van der Waals surface area contributed by atoms with Gasteiger partial charge in [0.05, 0.1) is 0 Å². The Morgan fingerprint density at radius 1 is 1.07 bits per heavy atom. The fourth-order valence-electron chi connectivity index (χ4n) is 2.05. The third kappa shape index (κ3) is 1.82. The molecule has 0 heterocycles. The normalized spacial score (nSPS) is 14.9. The molecule has 78 valence electrons. The number of nitrogens with zero attached hydrogens (tertiary/aromatic N) is 1. The van der Waals surface area contributed by atoms with Crippen LogP contribution in [0, 0.1) is 6.92 Å². The van der Waals surface area contributed by atoms with Crippen LogP contribution >= 0.6 is 0 Å². The molecule has 0 bridgehead atoms. The third-order valence-corrected chi connectivity index (χ3v) is 2.83. The van der Waals surface area contributed by atoms with Gasteiger partial charge in [-0.1, -0.05) is 36.4 Å². The molecular weight excluding hydrogens is 182 g/mol. The fraction of sp³-hybridized carbons (Fsp3) is 0.286. The van der Waals surface area contributed by atoms with Crippen molar-refractivity contribution in [2.75, 3.05) is 14.1 Å². The van der Waals surface area contributed by atoms with E-state index in [2.05, 4.69) is 62.3 Å². The Kier molecular flexibility index (Phi) is 2.63. The third-order valence-electron chi connectivity index (χ3n) is 2.83. The fourth-order valence-corrected chi connectivity index (χ4v) is 2.05. The maximum atomic E-state index is 2.30. The minimum atomic E-state index is 1.05. The first-order chi connectivity index (χ1) is 7.20. The molecule has 0 N–H and O–H groups in total. The molecule has 0 saturated carbocycles. The van der Waals surface area contributed by atoms with Crippen LogP contribution in [0.5, 0.6) is 0 Å². The summed E-state index contributed by atoms with van der Waals surface area (Å²) < 4.78 is 0. The maximum absolute atomic E-state index is 2.30. The van der Waals surface area contributed by atoms with Crippen molar-refractivity contribution >= 4 is 5.57 Å². The van der Waals surface area contributed by atoms with Crippen molar-refractivity contribution in [3.05, 3.63) is 53.2 Å². The average molecular weight is 199 g/mol. The van der Waals surface area contributed by atoms with E-state index in [1.807, 2.05) is 0 Å². The highest BCUT2D eigenvalue weighted by Gasteiger charge is 2.14. The number of aryl methyl sites for hydroxylation is 1. The molecule has 0 radical (unpaired) electrons. The van der Waals surface area contributed by atoms with Crippen molar-refractivity contribution in [2.45, 2.75) is 13.3 Å². The summed E-state index contributed by atoms with van der Waals surface area (Å²) in [5, 5.41) is 0. The predicted octanol–water partition coefficient (Wildman–Crippen LogP) is 3.23. The van der Waals surface area contributed by atoms with Crippen molar-refractivity contribution < 1.29 is 0 Å². The van der Waals surface area contributed by atoms with Gasteiger partial charge in [0.2, 0.25) is 0 Å². The molecule has 1 aliphatic carbocycles. The number of hydrogen-bond donors (Lipinski definition) is 0. The lowest BCUT2D eigenvalue weighted by Crippen LogP contribution is -2.11. The zero-order valence-electron chi connectivity index (χ0n) is 9.62. The first-order valence-corrected chi connectivity index (χ1v) is 5.34. The van der Waals surface area contributed by atoms with Gasteiger partial charge in [-0.2, -0.15) is 0 Å². The van der Waals surface area contributed by atoms with Crippen LogP contribution in [0.2, 0.25) is 0 Å². The van der Waals surface area contributed by atoms with E-state index in [0.29, 0.717) is 0 Å². The zero-order valence-corrected chi connectivity index (χ0v) is 9.62. The summed E-state index contributed by atoms with van der Waals surface area (Å²) in [4.78, 5) is 2.19. The average Bonchev–Trinajstić information content (AvgIpc) is 2.67. The quantitative estimate of drug-likeness (QED) is 0.707. The second kappa shape index (κ2) is 3.93. The molecule has 1 nitrogen and oxygen atoms in total. The van der Waals surface area contributed by atoms with E-state index in [4.69, 9.17) is 0 Å². The van der Waals surface area contributed by atoms with Gasteiger partial charge in [0.15, 0.2) is 0 Å². The van der Waals surface area contributed by atoms with Crippen LogP contribution in [0.3, 0.4) is 0 Å². The zero-order chi connectivity index (χ0) is 10.8. The topological polar surface area (TPSA) is 3.24 Å². The van der Waals surface area contributed by atoms with Crippen LogP contribution in [0.1, 0.15) is 17.5 Å². The lowest BCUT2D eigenvalue weighted by molar-refractivity contribution is 0.535. The number of likely N-dealkylation sites (N-methyl/N-ethyl adjacent to an activating group) is 1. The van der Waals surface area contributed by atoms with Crippen molar-refractivity contribution in [3.8, 4) is 0 Å². The minimum absolute atomic E-state index is 1.05. The largest absolute Gasteiger partial charge is 0.377 e. The van der Waals surface area contributed by atoms with Gasteiger partial charge in [0.25, 0.3) is 0 Å². The SMILES string of the molecule is Cc1ccccc1C1=CCC=C1N(C)C. The Morgan fingerprint density at radius 3 is 2.47 bits per heavy atom. The van der Waals surface area contributed by atoms with E-state index in [0.717, 1.165) is 6.42 Å². The number of allylic oxidation sites excluding steroid dienone is 3. The van der Waals surface area contributed by atoms with Gasteiger partial charge in [-0.15, -0.1) is 0 Å².